The number of benzene rings is 1. The highest BCUT2D eigenvalue weighted by Crippen LogP contribution is 2.50. The molecule has 6 nitrogen and oxygen atoms in total. The Hall–Kier alpha value is -1.86. The summed E-state index contributed by atoms with van der Waals surface area (Å²) in [5.74, 6) is -1.70. The molecule has 3 rings (SSSR count). The molecule has 26 heavy (non-hydrogen) atoms. The van der Waals surface area contributed by atoms with Gasteiger partial charge < -0.3 is 4.74 Å². The van der Waals surface area contributed by atoms with E-state index in [2.05, 4.69) is 5.32 Å². The molecule has 0 aliphatic carbocycles. The second-order valence-corrected chi connectivity index (χ2v) is 7.91. The topological polar surface area (TPSA) is 75.7 Å². The lowest BCUT2D eigenvalue weighted by molar-refractivity contribution is -0.154. The summed E-state index contributed by atoms with van der Waals surface area (Å²) in [6.45, 7) is 1.97. The fraction of sp³-hybridized carbons (Fsp3) is 0.526. The molecule has 1 aromatic rings. The molecule has 4 atom stereocenters. The number of methoxy groups -OCH3 is 1. The molecule has 7 heteroatoms. The standard InChI is InChI=1S/C19H24N2O4S/c1-11-7-5-6-8-12(11)15-13-14(17(23)21(2)16(13)22)19(20-15,9-10-26-4)18(24)25-3/h5-8,13-15,20H,9-10H2,1-4H3/t13-,14-,15+,19-/m0/s1. The molecule has 2 aliphatic heterocycles. The molecule has 2 fully saturated rings. The van der Waals surface area contributed by atoms with Crippen molar-refractivity contribution in [1.29, 1.82) is 0 Å². The van der Waals surface area contributed by atoms with Gasteiger partial charge in [0.15, 0.2) is 0 Å². The number of carbonyl (C=O) groups excluding carboxylic acids is 3. The van der Waals surface area contributed by atoms with Gasteiger partial charge in [0.25, 0.3) is 0 Å². The number of amides is 2. The van der Waals surface area contributed by atoms with Crippen LogP contribution in [0.15, 0.2) is 24.3 Å². The highest BCUT2D eigenvalue weighted by atomic mass is 32.2. The number of nitrogens with one attached hydrogen (secondary N) is 1. The lowest BCUT2D eigenvalue weighted by atomic mass is 9.77. The summed E-state index contributed by atoms with van der Waals surface area (Å²) in [6.07, 6.45) is 2.38. The largest absolute Gasteiger partial charge is 0.468 e. The Kier molecular flexibility index (Phi) is 5.12. The van der Waals surface area contributed by atoms with Gasteiger partial charge in [0, 0.05) is 13.1 Å². The van der Waals surface area contributed by atoms with Crippen LogP contribution in [0.4, 0.5) is 0 Å². The number of hydrogen-bond donors (Lipinski definition) is 1. The van der Waals surface area contributed by atoms with Gasteiger partial charge in [-0.15, -0.1) is 0 Å². The van der Waals surface area contributed by atoms with Crippen LogP contribution in [-0.2, 0) is 19.1 Å². The summed E-state index contributed by atoms with van der Waals surface area (Å²) in [5.41, 5.74) is 0.769. The van der Waals surface area contributed by atoms with Gasteiger partial charge in [-0.25, -0.2) is 0 Å². The fourth-order valence-electron chi connectivity index (χ4n) is 4.31. The van der Waals surface area contributed by atoms with E-state index < -0.39 is 29.4 Å². The fourth-order valence-corrected chi connectivity index (χ4v) is 4.84. The van der Waals surface area contributed by atoms with Gasteiger partial charge in [0.05, 0.1) is 18.9 Å². The van der Waals surface area contributed by atoms with E-state index in [1.807, 2.05) is 37.4 Å². The molecule has 0 saturated carbocycles. The monoisotopic (exact) mass is 376 g/mol. The van der Waals surface area contributed by atoms with Crippen LogP contribution in [0.25, 0.3) is 0 Å². The minimum atomic E-state index is -1.19. The van der Waals surface area contributed by atoms with Crippen molar-refractivity contribution in [2.45, 2.75) is 24.9 Å². The Balaban J connectivity index is 2.15. The number of thioether (sulfide) groups is 1. The Bertz CT molecular complexity index is 753. The highest BCUT2D eigenvalue weighted by molar-refractivity contribution is 7.98. The zero-order chi connectivity index (χ0) is 19.1. The summed E-state index contributed by atoms with van der Waals surface area (Å²) in [7, 11) is 2.82. The number of imide groups is 1. The van der Waals surface area contributed by atoms with E-state index in [1.165, 1.54) is 14.2 Å². The van der Waals surface area contributed by atoms with Crippen LogP contribution in [-0.4, -0.2) is 54.4 Å². The van der Waals surface area contributed by atoms with Gasteiger partial charge >= 0.3 is 5.97 Å². The lowest BCUT2D eigenvalue weighted by Crippen LogP contribution is -2.56. The van der Waals surface area contributed by atoms with Crippen molar-refractivity contribution in [3.63, 3.8) is 0 Å². The number of esters is 1. The summed E-state index contributed by atoms with van der Waals surface area (Å²) >= 11 is 1.59. The Labute approximate surface area is 157 Å². The van der Waals surface area contributed by atoms with Crippen LogP contribution in [0.5, 0.6) is 0 Å². The molecular weight excluding hydrogens is 352 g/mol. The van der Waals surface area contributed by atoms with Crippen LogP contribution in [0.2, 0.25) is 0 Å². The van der Waals surface area contributed by atoms with Crippen LogP contribution in [0.1, 0.15) is 23.6 Å². The van der Waals surface area contributed by atoms with Gasteiger partial charge in [-0.05, 0) is 36.5 Å². The molecule has 0 spiro atoms. The van der Waals surface area contributed by atoms with Gasteiger partial charge in [0.2, 0.25) is 11.8 Å². The lowest BCUT2D eigenvalue weighted by Gasteiger charge is -2.32. The number of carbonyl (C=O) groups is 3. The minimum absolute atomic E-state index is 0.240. The van der Waals surface area contributed by atoms with Crippen LogP contribution >= 0.6 is 11.8 Å². The maximum Gasteiger partial charge on any atom is 0.326 e. The third-order valence-corrected chi connectivity index (χ3v) is 6.26. The summed E-state index contributed by atoms with van der Waals surface area (Å²) in [6, 6.07) is 7.35. The third kappa shape index (κ3) is 2.65. The van der Waals surface area contributed by atoms with E-state index in [1.54, 1.807) is 11.8 Å². The number of aryl methyl sites for hydroxylation is 1. The van der Waals surface area contributed by atoms with E-state index in [-0.39, 0.29) is 11.8 Å². The molecule has 2 saturated heterocycles. The van der Waals surface area contributed by atoms with Gasteiger partial charge in [-0.3, -0.25) is 24.6 Å². The smallest absolute Gasteiger partial charge is 0.326 e. The molecule has 1 aromatic carbocycles. The van der Waals surface area contributed by atoms with Crippen molar-refractivity contribution < 1.29 is 19.1 Å². The Morgan fingerprint density at radius 1 is 1.31 bits per heavy atom. The molecular formula is C19H24N2O4S. The first-order valence-electron chi connectivity index (χ1n) is 8.61. The normalized spacial score (nSPS) is 30.6. The molecule has 0 aromatic heterocycles. The second kappa shape index (κ2) is 7.04. The zero-order valence-electron chi connectivity index (χ0n) is 15.4. The van der Waals surface area contributed by atoms with E-state index in [0.29, 0.717) is 12.2 Å². The SMILES string of the molecule is COC(=O)[C@@]1(CCSC)N[C@H](c2ccccc2C)[C@H]2C(=O)N(C)C(=O)[C@H]21. The van der Waals surface area contributed by atoms with Crippen molar-refractivity contribution in [2.24, 2.45) is 11.8 Å². The molecule has 1 N–H and O–H groups in total. The van der Waals surface area contributed by atoms with Gasteiger partial charge in [0.1, 0.15) is 5.54 Å². The maximum absolute atomic E-state index is 12.9. The average molecular weight is 376 g/mol. The number of fused-ring (bicyclic) bond motifs is 1. The van der Waals surface area contributed by atoms with Crippen LogP contribution in [0.3, 0.4) is 0 Å². The second-order valence-electron chi connectivity index (χ2n) is 6.92. The zero-order valence-corrected chi connectivity index (χ0v) is 16.3. The number of likely N-dealkylation sites (tertiary alicyclic amines) is 1. The van der Waals surface area contributed by atoms with Crippen molar-refractivity contribution in [1.82, 2.24) is 10.2 Å². The molecule has 2 heterocycles. The molecule has 0 unspecified atom stereocenters. The van der Waals surface area contributed by atoms with Crippen LogP contribution in [0, 0.1) is 18.8 Å². The Morgan fingerprint density at radius 2 is 2.00 bits per heavy atom. The first kappa shape index (κ1) is 18.9. The number of nitrogens with zero attached hydrogens (tertiary/aromatic N) is 1. The number of ether oxygens (including phenoxy) is 1. The van der Waals surface area contributed by atoms with E-state index in [9.17, 15) is 14.4 Å². The number of hydrogen-bond acceptors (Lipinski definition) is 6. The van der Waals surface area contributed by atoms with Crippen LogP contribution < -0.4 is 5.32 Å². The molecule has 2 aliphatic rings. The van der Waals surface area contributed by atoms with Crippen molar-refractivity contribution in [3.05, 3.63) is 35.4 Å². The van der Waals surface area contributed by atoms with Crippen molar-refractivity contribution >= 4 is 29.5 Å². The van der Waals surface area contributed by atoms with Gasteiger partial charge in [-0.1, -0.05) is 24.3 Å². The summed E-state index contributed by atoms with van der Waals surface area (Å²) in [4.78, 5) is 39.8. The van der Waals surface area contributed by atoms with E-state index >= 15 is 0 Å². The average Bonchev–Trinajstić information content (AvgIpc) is 3.10. The van der Waals surface area contributed by atoms with E-state index in [0.717, 1.165) is 16.0 Å². The Morgan fingerprint density at radius 3 is 2.62 bits per heavy atom. The summed E-state index contributed by atoms with van der Waals surface area (Å²) in [5, 5.41) is 3.37. The third-order valence-electron chi connectivity index (χ3n) is 5.65. The van der Waals surface area contributed by atoms with Crippen molar-refractivity contribution in [3.8, 4) is 0 Å². The summed E-state index contributed by atoms with van der Waals surface area (Å²) < 4.78 is 5.08. The molecule has 2 amide bonds. The first-order valence-corrected chi connectivity index (χ1v) is 10.0. The minimum Gasteiger partial charge on any atom is -0.468 e. The quantitative estimate of drug-likeness (QED) is 0.621. The van der Waals surface area contributed by atoms with E-state index in [4.69, 9.17) is 4.74 Å². The highest BCUT2D eigenvalue weighted by Gasteiger charge is 2.67. The predicted molar refractivity (Wildman–Crippen MR) is 99.6 cm³/mol. The van der Waals surface area contributed by atoms with Gasteiger partial charge in [-0.2, -0.15) is 11.8 Å². The number of rotatable bonds is 5. The first-order chi connectivity index (χ1) is 12.4. The molecule has 0 bridgehead atoms. The maximum atomic E-state index is 12.9. The molecule has 0 radical (unpaired) electrons. The van der Waals surface area contributed by atoms with Crippen molar-refractivity contribution in [2.75, 3.05) is 26.2 Å². The molecule has 140 valence electrons. The predicted octanol–water partition coefficient (Wildman–Crippen LogP) is 1.54.